The molecule has 0 atom stereocenters. The second-order valence-electron chi connectivity index (χ2n) is 5.19. The smallest absolute Gasteiger partial charge is 0.263 e. The fourth-order valence-corrected chi connectivity index (χ4v) is 2.50. The number of amides is 3. The highest BCUT2D eigenvalue weighted by Crippen LogP contribution is 2.28. The lowest BCUT2D eigenvalue weighted by Crippen LogP contribution is -2.25. The first-order chi connectivity index (χ1) is 11.5. The van der Waals surface area contributed by atoms with Gasteiger partial charge >= 0.3 is 0 Å². The van der Waals surface area contributed by atoms with Crippen LogP contribution in [0.1, 0.15) is 20.7 Å². The highest BCUT2D eigenvalue weighted by atomic mass is 35.5. The number of halogens is 1. The van der Waals surface area contributed by atoms with E-state index in [1.54, 1.807) is 42.5 Å². The third kappa shape index (κ3) is 2.96. The van der Waals surface area contributed by atoms with Crippen LogP contribution in [0, 0.1) is 0 Å². The third-order valence-corrected chi connectivity index (χ3v) is 3.83. The van der Waals surface area contributed by atoms with Gasteiger partial charge in [-0.05, 0) is 36.4 Å². The molecule has 1 N–H and O–H groups in total. The summed E-state index contributed by atoms with van der Waals surface area (Å²) < 4.78 is 5.35. The summed E-state index contributed by atoms with van der Waals surface area (Å²) in [6.07, 6.45) is 0. The van der Waals surface area contributed by atoms with E-state index in [1.807, 2.05) is 0 Å². The van der Waals surface area contributed by atoms with Crippen LogP contribution in [-0.4, -0.2) is 36.3 Å². The minimum Gasteiger partial charge on any atom is -0.484 e. The number of rotatable bonds is 4. The van der Waals surface area contributed by atoms with E-state index < -0.39 is 11.8 Å². The molecule has 122 valence electrons. The number of hydrogen-bond acceptors (Lipinski definition) is 4. The summed E-state index contributed by atoms with van der Waals surface area (Å²) in [7, 11) is 1.40. The van der Waals surface area contributed by atoms with E-state index in [4.69, 9.17) is 16.3 Å². The largest absolute Gasteiger partial charge is 0.484 e. The molecule has 0 bridgehead atoms. The van der Waals surface area contributed by atoms with Crippen LogP contribution >= 0.6 is 11.6 Å². The van der Waals surface area contributed by atoms with Gasteiger partial charge in [0.25, 0.3) is 17.7 Å². The maximum atomic E-state index is 12.1. The lowest BCUT2D eigenvalue weighted by molar-refractivity contribution is -0.118. The fourth-order valence-electron chi connectivity index (χ4n) is 2.37. The Morgan fingerprint density at radius 1 is 1.12 bits per heavy atom. The van der Waals surface area contributed by atoms with Crippen molar-refractivity contribution in [2.75, 3.05) is 19.0 Å². The number of anilines is 1. The van der Waals surface area contributed by atoms with Crippen LogP contribution < -0.4 is 10.1 Å². The van der Waals surface area contributed by atoms with Crippen molar-refractivity contribution < 1.29 is 19.1 Å². The van der Waals surface area contributed by atoms with Gasteiger partial charge in [0, 0.05) is 12.1 Å². The van der Waals surface area contributed by atoms with E-state index in [9.17, 15) is 14.4 Å². The lowest BCUT2D eigenvalue weighted by Gasteiger charge is -2.10. The van der Waals surface area contributed by atoms with Crippen molar-refractivity contribution in [3.05, 3.63) is 58.6 Å². The Morgan fingerprint density at radius 3 is 2.54 bits per heavy atom. The summed E-state index contributed by atoms with van der Waals surface area (Å²) in [5.41, 5.74) is 0.767. The summed E-state index contributed by atoms with van der Waals surface area (Å²) in [5, 5.41) is 3.17. The molecule has 3 rings (SSSR count). The molecule has 0 aliphatic carbocycles. The highest BCUT2D eigenvalue weighted by Gasteiger charge is 2.35. The molecule has 0 saturated carbocycles. The minimum absolute atomic E-state index is 0.199. The molecule has 0 fully saturated rings. The Labute approximate surface area is 143 Å². The normalized spacial score (nSPS) is 13.0. The molecular formula is C17H13ClN2O4. The molecule has 6 nitrogen and oxygen atoms in total. The summed E-state index contributed by atoms with van der Waals surface area (Å²) in [6.45, 7) is -0.233. The van der Waals surface area contributed by atoms with Crippen molar-refractivity contribution in [2.45, 2.75) is 0 Å². The zero-order valence-electron chi connectivity index (χ0n) is 12.7. The van der Waals surface area contributed by atoms with Crippen molar-refractivity contribution in [2.24, 2.45) is 0 Å². The number of benzene rings is 2. The molecule has 1 aliphatic heterocycles. The first kappa shape index (κ1) is 16.0. The molecule has 0 aromatic heterocycles. The van der Waals surface area contributed by atoms with Crippen molar-refractivity contribution in [1.29, 1.82) is 0 Å². The Hall–Kier alpha value is -2.86. The Morgan fingerprint density at radius 2 is 1.83 bits per heavy atom. The number of carbonyl (C=O) groups is 3. The van der Waals surface area contributed by atoms with Gasteiger partial charge in [-0.15, -0.1) is 0 Å². The third-order valence-electron chi connectivity index (χ3n) is 3.58. The minimum atomic E-state index is -0.440. The summed E-state index contributed by atoms with van der Waals surface area (Å²) in [5.74, 6) is -0.764. The number of nitrogens with one attached hydrogen (secondary N) is 1. The lowest BCUT2D eigenvalue weighted by atomic mass is 10.1. The van der Waals surface area contributed by atoms with Crippen LogP contribution in [0.25, 0.3) is 0 Å². The second-order valence-corrected chi connectivity index (χ2v) is 5.62. The van der Waals surface area contributed by atoms with Crippen LogP contribution in [0.5, 0.6) is 5.75 Å². The van der Waals surface area contributed by atoms with Crippen LogP contribution in [0.3, 0.4) is 0 Å². The number of ether oxygens (including phenoxy) is 1. The van der Waals surface area contributed by atoms with Crippen molar-refractivity contribution >= 4 is 35.0 Å². The maximum absolute atomic E-state index is 12.1. The molecule has 0 spiro atoms. The van der Waals surface area contributed by atoms with Crippen LogP contribution in [0.15, 0.2) is 42.5 Å². The monoisotopic (exact) mass is 344 g/mol. The van der Waals surface area contributed by atoms with Gasteiger partial charge in [-0.1, -0.05) is 17.7 Å². The first-order valence-corrected chi connectivity index (χ1v) is 7.49. The van der Waals surface area contributed by atoms with Crippen LogP contribution in [0.4, 0.5) is 5.69 Å². The molecule has 2 aromatic carbocycles. The number of carbonyl (C=O) groups excluding carboxylic acids is 3. The number of nitrogens with zero attached hydrogens (tertiary/aromatic N) is 1. The summed E-state index contributed by atoms with van der Waals surface area (Å²) in [6, 6.07) is 11.3. The Balaban J connectivity index is 1.71. The van der Waals surface area contributed by atoms with E-state index in [0.717, 1.165) is 4.90 Å². The van der Waals surface area contributed by atoms with Crippen molar-refractivity contribution in [3.8, 4) is 5.75 Å². The second kappa shape index (κ2) is 6.33. The molecule has 0 unspecified atom stereocenters. The predicted octanol–water partition coefficient (Wildman–Crippen LogP) is 2.58. The van der Waals surface area contributed by atoms with Gasteiger partial charge in [0.15, 0.2) is 6.61 Å². The highest BCUT2D eigenvalue weighted by molar-refractivity contribution is 6.30. The summed E-state index contributed by atoms with van der Waals surface area (Å²) >= 11 is 5.77. The van der Waals surface area contributed by atoms with Gasteiger partial charge in [-0.2, -0.15) is 0 Å². The quantitative estimate of drug-likeness (QED) is 0.865. The molecule has 1 aliphatic rings. The fraction of sp³-hybridized carbons (Fsp3) is 0.118. The number of hydrogen-bond donors (Lipinski definition) is 1. The first-order valence-electron chi connectivity index (χ1n) is 7.11. The van der Waals surface area contributed by atoms with Gasteiger partial charge < -0.3 is 10.1 Å². The van der Waals surface area contributed by atoms with Crippen molar-refractivity contribution in [3.63, 3.8) is 0 Å². The average Bonchev–Trinajstić information content (AvgIpc) is 2.80. The van der Waals surface area contributed by atoms with Gasteiger partial charge in [-0.3, -0.25) is 19.3 Å². The van der Waals surface area contributed by atoms with Crippen molar-refractivity contribution in [1.82, 2.24) is 4.90 Å². The Kier molecular flexibility index (Phi) is 4.22. The predicted molar refractivity (Wildman–Crippen MR) is 88.4 cm³/mol. The molecule has 24 heavy (non-hydrogen) atoms. The average molecular weight is 345 g/mol. The van der Waals surface area contributed by atoms with Crippen LogP contribution in [-0.2, 0) is 4.79 Å². The van der Waals surface area contributed by atoms with Gasteiger partial charge in [0.2, 0.25) is 0 Å². The van der Waals surface area contributed by atoms with Gasteiger partial charge in [0.1, 0.15) is 5.75 Å². The molecule has 3 amide bonds. The van der Waals surface area contributed by atoms with E-state index in [-0.39, 0.29) is 23.6 Å². The summed E-state index contributed by atoms with van der Waals surface area (Å²) in [4.78, 5) is 37.1. The number of imide groups is 1. The van der Waals surface area contributed by atoms with E-state index in [1.165, 1.54) is 7.05 Å². The van der Waals surface area contributed by atoms with Gasteiger partial charge in [-0.25, -0.2) is 0 Å². The van der Waals surface area contributed by atoms with E-state index in [2.05, 4.69) is 5.32 Å². The Bertz CT molecular complexity index is 833. The number of fused-ring (bicyclic) bond motifs is 1. The molecular weight excluding hydrogens is 332 g/mol. The van der Waals surface area contributed by atoms with E-state index in [0.29, 0.717) is 16.5 Å². The van der Waals surface area contributed by atoms with E-state index >= 15 is 0 Å². The standard InChI is InChI=1S/C17H13ClN2O4/c1-20-16(22)12-3-2-4-13(15(12)17(20)23)19-14(21)9-24-11-7-5-10(18)6-8-11/h2-8H,9H2,1H3,(H,19,21). The van der Waals surface area contributed by atoms with Gasteiger partial charge in [0.05, 0.1) is 16.8 Å². The molecule has 7 heteroatoms. The maximum Gasteiger partial charge on any atom is 0.263 e. The topological polar surface area (TPSA) is 75.7 Å². The molecule has 0 radical (unpaired) electrons. The molecule has 1 heterocycles. The zero-order chi connectivity index (χ0) is 17.3. The molecule has 0 saturated heterocycles. The SMILES string of the molecule is CN1C(=O)c2cccc(NC(=O)COc3ccc(Cl)cc3)c2C1=O. The van der Waals surface area contributed by atoms with Crippen LogP contribution in [0.2, 0.25) is 5.02 Å². The molecule has 2 aromatic rings. The zero-order valence-corrected chi connectivity index (χ0v) is 13.5.